The topological polar surface area (TPSA) is 101 Å². The van der Waals surface area contributed by atoms with Crippen molar-refractivity contribution in [1.82, 2.24) is 4.57 Å². The lowest BCUT2D eigenvalue weighted by Gasteiger charge is -2.31. The zero-order valence-electron chi connectivity index (χ0n) is 23.4. The van der Waals surface area contributed by atoms with Crippen LogP contribution in [0.25, 0.3) is 0 Å². The number of halogens is 1. The fraction of sp³-hybridized carbons (Fsp3) is 0.226. The number of benzene rings is 3. The van der Waals surface area contributed by atoms with Crippen LogP contribution in [0, 0.1) is 5.92 Å². The lowest BCUT2D eigenvalue weighted by Crippen LogP contribution is -2.33. The van der Waals surface area contributed by atoms with Crippen LogP contribution in [0.3, 0.4) is 0 Å². The maximum absolute atomic E-state index is 14.0. The van der Waals surface area contributed by atoms with Gasteiger partial charge in [0.25, 0.3) is 0 Å². The summed E-state index contributed by atoms with van der Waals surface area (Å²) in [4.78, 5) is 57.9. The number of hydrogen-bond donors (Lipinski definition) is 1. The summed E-state index contributed by atoms with van der Waals surface area (Å²) in [5.74, 6) is -1.71. The Kier molecular flexibility index (Phi) is 7.80. The van der Waals surface area contributed by atoms with Crippen molar-refractivity contribution in [3.05, 3.63) is 97.9 Å². The molecule has 0 aliphatic carbocycles. The van der Waals surface area contributed by atoms with Gasteiger partial charge in [-0.15, -0.1) is 0 Å². The van der Waals surface area contributed by atoms with E-state index in [-0.39, 0.29) is 29.1 Å². The Bertz CT molecular complexity index is 1770. The number of anilines is 3. The van der Waals surface area contributed by atoms with Gasteiger partial charge in [0.2, 0.25) is 17.7 Å². The van der Waals surface area contributed by atoms with E-state index in [2.05, 4.69) is 5.32 Å². The van der Waals surface area contributed by atoms with Gasteiger partial charge in [0.05, 0.1) is 23.7 Å². The molecule has 4 aromatic rings. The van der Waals surface area contributed by atoms with Gasteiger partial charge in [-0.05, 0) is 66.2 Å². The van der Waals surface area contributed by atoms with Crippen LogP contribution in [0.15, 0.2) is 82.6 Å². The van der Waals surface area contributed by atoms with Gasteiger partial charge in [0, 0.05) is 41.3 Å². The number of imide groups is 1. The maximum atomic E-state index is 14.0. The number of thioether (sulfide) groups is 1. The van der Waals surface area contributed by atoms with E-state index in [1.807, 2.05) is 43.3 Å². The van der Waals surface area contributed by atoms with Gasteiger partial charge < -0.3 is 15.0 Å². The molecule has 1 fully saturated rings. The third-order valence-electron chi connectivity index (χ3n) is 7.58. The number of methoxy groups -OCH3 is 1. The second kappa shape index (κ2) is 11.6. The molecule has 0 spiro atoms. The van der Waals surface area contributed by atoms with Crippen LogP contribution in [0.5, 0.6) is 5.75 Å². The molecule has 6 rings (SSSR count). The standard InChI is InChI=1S/C31H27ClN4O5S2/c1-34(2)20-10-4-17(5-11-20)24-25-26(29(39)36(28(25)38)21-12-6-18(32)7-13-21)42-30-27(24)43-31(40)35(30)16-23(37)33-19-8-14-22(41-3)15-9-19/h4-15,24-26H,16H2,1-3H3,(H,33,37). The summed E-state index contributed by atoms with van der Waals surface area (Å²) < 4.78 is 6.58. The molecule has 1 N–H and O–H groups in total. The maximum Gasteiger partial charge on any atom is 0.308 e. The highest BCUT2D eigenvalue weighted by Crippen LogP contribution is 2.54. The first kappa shape index (κ1) is 29.0. The minimum Gasteiger partial charge on any atom is -0.497 e. The Morgan fingerprint density at radius 3 is 2.26 bits per heavy atom. The average molecular weight is 635 g/mol. The van der Waals surface area contributed by atoms with Crippen molar-refractivity contribution >= 4 is 69.5 Å². The van der Waals surface area contributed by atoms with E-state index in [0.717, 1.165) is 22.6 Å². The molecule has 3 unspecified atom stereocenters. The number of carbonyl (C=O) groups is 3. The molecule has 2 aliphatic rings. The second-order valence-electron chi connectivity index (χ2n) is 10.4. The SMILES string of the molecule is COc1ccc(NC(=O)Cn2c3c(sc2=O)C(c2ccc(N(C)C)cc2)C2C(=O)N(c4ccc(Cl)cc4)C(=O)C2S3)cc1. The van der Waals surface area contributed by atoms with Crippen LogP contribution in [-0.4, -0.2) is 48.7 Å². The summed E-state index contributed by atoms with van der Waals surface area (Å²) in [6.45, 7) is -0.240. The lowest BCUT2D eigenvalue weighted by molar-refractivity contribution is -0.122. The van der Waals surface area contributed by atoms with Gasteiger partial charge in [-0.2, -0.15) is 0 Å². The fourth-order valence-corrected chi connectivity index (χ4v) is 8.36. The predicted molar refractivity (Wildman–Crippen MR) is 170 cm³/mol. The Morgan fingerprint density at radius 2 is 1.63 bits per heavy atom. The minimum absolute atomic E-state index is 0.240. The van der Waals surface area contributed by atoms with E-state index < -0.39 is 17.1 Å². The highest BCUT2D eigenvalue weighted by Gasteiger charge is 2.56. The summed E-state index contributed by atoms with van der Waals surface area (Å²) in [6, 6.07) is 21.2. The molecule has 0 radical (unpaired) electrons. The Balaban J connectivity index is 1.39. The molecule has 2 aliphatic heterocycles. The smallest absolute Gasteiger partial charge is 0.308 e. The first-order valence-corrected chi connectivity index (χ1v) is 15.5. The number of nitrogens with one attached hydrogen (secondary N) is 1. The quantitative estimate of drug-likeness (QED) is 0.283. The third kappa shape index (κ3) is 5.32. The second-order valence-corrected chi connectivity index (χ2v) is 13.0. The van der Waals surface area contributed by atoms with Crippen molar-refractivity contribution in [2.24, 2.45) is 5.92 Å². The Labute approximate surface area is 261 Å². The summed E-state index contributed by atoms with van der Waals surface area (Å²) in [7, 11) is 5.43. The van der Waals surface area contributed by atoms with Crippen molar-refractivity contribution in [3.8, 4) is 5.75 Å². The van der Waals surface area contributed by atoms with E-state index in [1.165, 1.54) is 21.2 Å². The highest BCUT2D eigenvalue weighted by atomic mass is 35.5. The van der Waals surface area contributed by atoms with Crippen molar-refractivity contribution in [3.63, 3.8) is 0 Å². The molecule has 3 amide bonds. The molecule has 3 atom stereocenters. The van der Waals surface area contributed by atoms with Gasteiger partial charge in [0.15, 0.2) is 0 Å². The number of hydrogen-bond acceptors (Lipinski definition) is 8. The molecule has 1 saturated heterocycles. The van der Waals surface area contributed by atoms with Crippen LogP contribution in [0.2, 0.25) is 5.02 Å². The number of amides is 3. The van der Waals surface area contributed by atoms with Crippen LogP contribution >= 0.6 is 34.7 Å². The summed E-state index contributed by atoms with van der Waals surface area (Å²) >= 11 is 8.26. The number of nitrogens with zero attached hydrogens (tertiary/aromatic N) is 3. The summed E-state index contributed by atoms with van der Waals surface area (Å²) in [5, 5.41) is 3.06. The molecule has 220 valence electrons. The van der Waals surface area contributed by atoms with E-state index >= 15 is 0 Å². The average Bonchev–Trinajstić information content (AvgIpc) is 3.44. The number of aromatic nitrogens is 1. The van der Waals surface area contributed by atoms with Gasteiger partial charge in [-0.25, -0.2) is 4.90 Å². The summed E-state index contributed by atoms with van der Waals surface area (Å²) in [5.41, 5.74) is 2.79. The van der Waals surface area contributed by atoms with Gasteiger partial charge in [-0.3, -0.25) is 23.7 Å². The van der Waals surface area contributed by atoms with E-state index in [4.69, 9.17) is 16.3 Å². The van der Waals surface area contributed by atoms with Crippen molar-refractivity contribution < 1.29 is 19.1 Å². The van der Waals surface area contributed by atoms with Crippen molar-refractivity contribution in [2.45, 2.75) is 22.7 Å². The largest absolute Gasteiger partial charge is 0.497 e. The zero-order valence-corrected chi connectivity index (χ0v) is 25.8. The van der Waals surface area contributed by atoms with Crippen LogP contribution in [-0.2, 0) is 20.9 Å². The Morgan fingerprint density at radius 1 is 0.953 bits per heavy atom. The zero-order chi connectivity index (χ0) is 30.4. The molecule has 12 heteroatoms. The molecule has 0 saturated carbocycles. The molecule has 9 nitrogen and oxygen atoms in total. The van der Waals surface area contributed by atoms with E-state index in [1.54, 1.807) is 55.6 Å². The lowest BCUT2D eigenvalue weighted by atomic mass is 9.83. The van der Waals surface area contributed by atoms with Crippen molar-refractivity contribution in [1.29, 1.82) is 0 Å². The van der Waals surface area contributed by atoms with Crippen LogP contribution in [0.1, 0.15) is 16.4 Å². The molecular weight excluding hydrogens is 608 g/mol. The molecule has 1 aromatic heterocycles. The number of rotatable bonds is 7. The van der Waals surface area contributed by atoms with Crippen LogP contribution < -0.4 is 24.7 Å². The predicted octanol–water partition coefficient (Wildman–Crippen LogP) is 5.07. The molecule has 3 heterocycles. The van der Waals surface area contributed by atoms with Gasteiger partial charge >= 0.3 is 4.87 Å². The molecule has 3 aromatic carbocycles. The first-order chi connectivity index (χ1) is 20.7. The molecule has 43 heavy (non-hydrogen) atoms. The number of carbonyl (C=O) groups excluding carboxylic acids is 3. The third-order valence-corrected chi connectivity index (χ3v) is 10.4. The first-order valence-electron chi connectivity index (χ1n) is 13.4. The molecule has 0 bridgehead atoms. The van der Waals surface area contributed by atoms with E-state index in [9.17, 15) is 19.2 Å². The van der Waals surface area contributed by atoms with Gasteiger partial charge in [0.1, 0.15) is 17.5 Å². The minimum atomic E-state index is -0.779. The monoisotopic (exact) mass is 634 g/mol. The van der Waals surface area contributed by atoms with Gasteiger partial charge in [-0.1, -0.05) is 46.8 Å². The number of fused-ring (bicyclic) bond motifs is 2. The van der Waals surface area contributed by atoms with Crippen LogP contribution in [0.4, 0.5) is 17.1 Å². The highest BCUT2D eigenvalue weighted by molar-refractivity contribution is 8.00. The normalized spacial score (nSPS) is 19.2. The van der Waals surface area contributed by atoms with E-state index in [0.29, 0.717) is 32.1 Å². The molecular formula is C31H27ClN4O5S2. The number of ether oxygens (including phenoxy) is 1. The fourth-order valence-electron chi connectivity index (χ4n) is 5.46. The number of thiazole rings is 1. The van der Waals surface area contributed by atoms with Crippen molar-refractivity contribution in [2.75, 3.05) is 36.3 Å². The summed E-state index contributed by atoms with van der Waals surface area (Å²) in [6.07, 6.45) is 0. The Hall–Kier alpha value is -4.06.